The van der Waals surface area contributed by atoms with E-state index in [-0.39, 0.29) is 23.3 Å². The zero-order chi connectivity index (χ0) is 19.8. The third-order valence-electron chi connectivity index (χ3n) is 4.09. The van der Waals surface area contributed by atoms with Gasteiger partial charge in [0.1, 0.15) is 11.1 Å². The summed E-state index contributed by atoms with van der Waals surface area (Å²) in [7, 11) is 0. The Balaban J connectivity index is 2.01. The molecule has 1 aliphatic heterocycles. The van der Waals surface area contributed by atoms with Gasteiger partial charge in [-0.25, -0.2) is 4.39 Å². The molecule has 0 saturated carbocycles. The second-order valence-corrected chi connectivity index (χ2v) is 7.93. The number of carbonyl (C=O) groups excluding carboxylic acids is 2. The Labute approximate surface area is 168 Å². The predicted molar refractivity (Wildman–Crippen MR) is 110 cm³/mol. The second-order valence-electron chi connectivity index (χ2n) is 6.35. The number of hydrogen-bond acceptors (Lipinski definition) is 4. The Morgan fingerprint density at radius 3 is 2.74 bits per heavy atom. The molecule has 1 atom stereocenters. The maximum Gasteiger partial charge on any atom is 0.242 e. The molecule has 148 valence electrons. The molecule has 1 saturated heterocycles. The van der Waals surface area contributed by atoms with Gasteiger partial charge in [-0.2, -0.15) is 0 Å². The number of carbonyl (C=O) groups is 2. The number of rotatable bonds is 9. The van der Waals surface area contributed by atoms with Gasteiger partial charge in [-0.1, -0.05) is 50.1 Å². The Hall–Kier alpha value is -1.60. The van der Waals surface area contributed by atoms with Crippen molar-refractivity contribution in [2.75, 3.05) is 18.4 Å². The first-order valence-electron chi connectivity index (χ1n) is 9.23. The quantitative estimate of drug-likeness (QED) is 0.596. The van der Waals surface area contributed by atoms with Crippen molar-refractivity contribution >= 4 is 46.0 Å². The summed E-state index contributed by atoms with van der Waals surface area (Å²) < 4.78 is 13.2. The molecule has 1 aliphatic rings. The molecule has 0 bridgehead atoms. The molecule has 2 rings (SSSR count). The van der Waals surface area contributed by atoms with Crippen molar-refractivity contribution in [1.29, 1.82) is 0 Å². The summed E-state index contributed by atoms with van der Waals surface area (Å²) in [5.74, 6) is -0.930. The highest BCUT2D eigenvalue weighted by atomic mass is 35.5. The van der Waals surface area contributed by atoms with E-state index in [1.165, 1.54) is 30.0 Å². The number of amidine groups is 1. The maximum absolute atomic E-state index is 13.2. The molecule has 1 aromatic rings. The highest BCUT2D eigenvalue weighted by Gasteiger charge is 2.38. The number of unbranched alkanes of at least 4 members (excludes halogenated alkanes) is 2. The van der Waals surface area contributed by atoms with Crippen LogP contribution in [0.1, 0.15) is 46.0 Å². The van der Waals surface area contributed by atoms with Gasteiger partial charge < -0.3 is 5.32 Å². The zero-order valence-electron chi connectivity index (χ0n) is 15.6. The lowest BCUT2D eigenvalue weighted by atomic mass is 10.2. The van der Waals surface area contributed by atoms with E-state index in [9.17, 15) is 14.0 Å². The topological polar surface area (TPSA) is 61.8 Å². The van der Waals surface area contributed by atoms with Crippen LogP contribution in [0, 0.1) is 5.82 Å². The van der Waals surface area contributed by atoms with Crippen LogP contribution >= 0.6 is 23.4 Å². The lowest BCUT2D eigenvalue weighted by Gasteiger charge is -2.15. The molecule has 1 N–H and O–H groups in total. The minimum absolute atomic E-state index is 0.0356. The number of anilines is 1. The van der Waals surface area contributed by atoms with Crippen molar-refractivity contribution in [3.8, 4) is 0 Å². The number of amides is 2. The molecular formula is C19H25ClFN3O2S. The summed E-state index contributed by atoms with van der Waals surface area (Å²) in [6, 6.07) is 3.98. The normalized spacial score (nSPS) is 18.4. The molecular weight excluding hydrogens is 389 g/mol. The van der Waals surface area contributed by atoms with Crippen LogP contribution in [0.25, 0.3) is 0 Å². The first-order valence-corrected chi connectivity index (χ1v) is 10.5. The van der Waals surface area contributed by atoms with E-state index in [0.29, 0.717) is 23.9 Å². The number of thioether (sulfide) groups is 1. The lowest BCUT2D eigenvalue weighted by molar-refractivity contribution is -0.128. The van der Waals surface area contributed by atoms with Crippen LogP contribution in [0.15, 0.2) is 23.2 Å². The monoisotopic (exact) mass is 413 g/mol. The van der Waals surface area contributed by atoms with Gasteiger partial charge in [0.15, 0.2) is 5.17 Å². The first-order chi connectivity index (χ1) is 13.0. The zero-order valence-corrected chi connectivity index (χ0v) is 17.2. The van der Waals surface area contributed by atoms with Crippen LogP contribution in [0.4, 0.5) is 10.1 Å². The van der Waals surface area contributed by atoms with E-state index in [1.807, 2.05) is 0 Å². The van der Waals surface area contributed by atoms with Crippen LogP contribution in [0.2, 0.25) is 5.02 Å². The van der Waals surface area contributed by atoms with Crippen molar-refractivity contribution in [3.05, 3.63) is 29.0 Å². The molecule has 5 nitrogen and oxygen atoms in total. The number of aliphatic imine (C=N–C) groups is 1. The number of benzene rings is 1. The lowest BCUT2D eigenvalue weighted by Crippen LogP contribution is -2.34. The van der Waals surface area contributed by atoms with E-state index in [1.54, 1.807) is 4.90 Å². The fourth-order valence-corrected chi connectivity index (χ4v) is 3.94. The summed E-state index contributed by atoms with van der Waals surface area (Å²) >= 11 is 7.08. The average Bonchev–Trinajstić information content (AvgIpc) is 2.91. The third kappa shape index (κ3) is 6.21. The van der Waals surface area contributed by atoms with Crippen LogP contribution in [-0.4, -0.2) is 40.2 Å². The Morgan fingerprint density at radius 1 is 1.33 bits per heavy atom. The standard InChI is InChI=1S/C19H25ClFN3O2S/c1-3-5-9-22-19-24(10-6-4-2)18(26)16(27-19)12-17(25)23-13-7-8-15(21)14(20)11-13/h7-8,11,16H,3-6,9-10,12H2,1-2H3,(H,23,25). The van der Waals surface area contributed by atoms with Crippen LogP contribution < -0.4 is 5.32 Å². The molecule has 0 radical (unpaired) electrons. The van der Waals surface area contributed by atoms with Gasteiger partial charge in [0.25, 0.3) is 0 Å². The number of halogens is 2. The van der Waals surface area contributed by atoms with Gasteiger partial charge in [0, 0.05) is 25.2 Å². The molecule has 0 aromatic heterocycles. The largest absolute Gasteiger partial charge is 0.326 e. The van der Waals surface area contributed by atoms with E-state index < -0.39 is 11.1 Å². The van der Waals surface area contributed by atoms with Crippen LogP contribution in [0.5, 0.6) is 0 Å². The van der Waals surface area contributed by atoms with Gasteiger partial charge in [-0.15, -0.1) is 0 Å². The molecule has 1 aromatic carbocycles. The SMILES string of the molecule is CCCCN=C1SC(CC(=O)Nc2ccc(F)c(Cl)c2)C(=O)N1CCCC. The van der Waals surface area contributed by atoms with E-state index in [2.05, 4.69) is 24.2 Å². The Kier molecular flexibility index (Phi) is 8.57. The van der Waals surface area contributed by atoms with Gasteiger partial charge in [-0.05, 0) is 31.0 Å². The molecule has 0 aliphatic carbocycles. The van der Waals surface area contributed by atoms with E-state index in [4.69, 9.17) is 11.6 Å². The van der Waals surface area contributed by atoms with Crippen molar-refractivity contribution < 1.29 is 14.0 Å². The highest BCUT2D eigenvalue weighted by molar-refractivity contribution is 8.15. The van der Waals surface area contributed by atoms with Crippen LogP contribution in [-0.2, 0) is 9.59 Å². The van der Waals surface area contributed by atoms with Gasteiger partial charge >= 0.3 is 0 Å². The van der Waals surface area contributed by atoms with Crippen LogP contribution in [0.3, 0.4) is 0 Å². The molecule has 0 spiro atoms. The minimum atomic E-state index is -0.546. The van der Waals surface area contributed by atoms with Gasteiger partial charge in [0.2, 0.25) is 11.8 Å². The molecule has 27 heavy (non-hydrogen) atoms. The summed E-state index contributed by atoms with van der Waals surface area (Å²) in [5, 5.41) is 2.83. The number of nitrogens with zero attached hydrogens (tertiary/aromatic N) is 2. The first kappa shape index (κ1) is 21.7. The minimum Gasteiger partial charge on any atom is -0.326 e. The fourth-order valence-electron chi connectivity index (χ4n) is 2.57. The van der Waals surface area contributed by atoms with Crippen molar-refractivity contribution in [2.24, 2.45) is 4.99 Å². The average molecular weight is 414 g/mol. The van der Waals surface area contributed by atoms with Gasteiger partial charge in [-0.3, -0.25) is 19.5 Å². The van der Waals surface area contributed by atoms with Crippen molar-refractivity contribution in [1.82, 2.24) is 4.90 Å². The number of hydrogen-bond donors (Lipinski definition) is 1. The second kappa shape index (κ2) is 10.7. The third-order valence-corrected chi connectivity index (χ3v) is 5.59. The maximum atomic E-state index is 13.2. The fraction of sp³-hybridized carbons (Fsp3) is 0.526. The summed E-state index contributed by atoms with van der Waals surface area (Å²) in [4.78, 5) is 31.3. The summed E-state index contributed by atoms with van der Waals surface area (Å²) in [6.07, 6.45) is 3.92. The predicted octanol–water partition coefficient (Wildman–Crippen LogP) is 4.71. The Morgan fingerprint density at radius 2 is 2.07 bits per heavy atom. The van der Waals surface area contributed by atoms with E-state index in [0.717, 1.165) is 25.7 Å². The van der Waals surface area contributed by atoms with Crippen molar-refractivity contribution in [2.45, 2.75) is 51.2 Å². The van der Waals surface area contributed by atoms with Crippen molar-refractivity contribution in [3.63, 3.8) is 0 Å². The molecule has 1 unspecified atom stereocenters. The summed E-state index contributed by atoms with van der Waals surface area (Å²) in [6.45, 7) is 5.47. The molecule has 8 heteroatoms. The summed E-state index contributed by atoms with van der Waals surface area (Å²) in [5.41, 5.74) is 0.404. The molecule has 1 heterocycles. The van der Waals surface area contributed by atoms with E-state index >= 15 is 0 Å². The highest BCUT2D eigenvalue weighted by Crippen LogP contribution is 2.30. The molecule has 1 fully saturated rings. The Bertz CT molecular complexity index is 714. The van der Waals surface area contributed by atoms with Gasteiger partial charge in [0.05, 0.1) is 5.02 Å². The number of nitrogens with one attached hydrogen (secondary N) is 1. The molecule has 2 amide bonds. The smallest absolute Gasteiger partial charge is 0.242 e.